The van der Waals surface area contributed by atoms with Crippen molar-refractivity contribution in [1.82, 2.24) is 19.5 Å². The molecule has 0 radical (unpaired) electrons. The van der Waals surface area contributed by atoms with E-state index in [1.807, 2.05) is 29.8 Å². The van der Waals surface area contributed by atoms with Gasteiger partial charge in [0, 0.05) is 34.2 Å². The van der Waals surface area contributed by atoms with Crippen LogP contribution in [-0.4, -0.2) is 25.4 Å². The molecule has 0 saturated carbocycles. The Hall–Kier alpha value is -3.52. The normalized spacial score (nSPS) is 10.6. The van der Waals surface area contributed by atoms with Crippen LogP contribution in [0.5, 0.6) is 11.6 Å². The number of anilines is 1. The molecule has 0 aliphatic rings. The Kier molecular flexibility index (Phi) is 5.35. The van der Waals surface area contributed by atoms with Crippen molar-refractivity contribution in [1.29, 1.82) is 0 Å². The SMILES string of the molecule is Cc1nccn1-c1cc(Oc2ccc(NC(=O)c3cccc(Br)c3)cc2)ncn1. The van der Waals surface area contributed by atoms with Crippen LogP contribution in [0.15, 0.2) is 77.8 Å². The van der Waals surface area contributed by atoms with Crippen molar-refractivity contribution in [3.05, 3.63) is 89.2 Å². The van der Waals surface area contributed by atoms with Crippen LogP contribution in [0.3, 0.4) is 0 Å². The third-order valence-electron chi connectivity index (χ3n) is 4.12. The number of amides is 1. The number of aromatic nitrogens is 4. The third-order valence-corrected chi connectivity index (χ3v) is 4.61. The predicted octanol–water partition coefficient (Wildman–Crippen LogP) is 4.78. The highest BCUT2D eigenvalue weighted by molar-refractivity contribution is 9.10. The summed E-state index contributed by atoms with van der Waals surface area (Å²) in [4.78, 5) is 24.9. The summed E-state index contributed by atoms with van der Waals surface area (Å²) >= 11 is 3.37. The largest absolute Gasteiger partial charge is 0.439 e. The second-order valence-electron chi connectivity index (χ2n) is 6.15. The minimum absolute atomic E-state index is 0.184. The average Bonchev–Trinajstić information content (AvgIpc) is 3.16. The van der Waals surface area contributed by atoms with Gasteiger partial charge in [0.25, 0.3) is 5.91 Å². The lowest BCUT2D eigenvalue weighted by molar-refractivity contribution is 0.102. The summed E-state index contributed by atoms with van der Waals surface area (Å²) < 4.78 is 8.51. The van der Waals surface area contributed by atoms with Crippen LogP contribution >= 0.6 is 15.9 Å². The van der Waals surface area contributed by atoms with Gasteiger partial charge in [0.05, 0.1) is 0 Å². The number of ether oxygens (including phenoxy) is 1. The van der Waals surface area contributed by atoms with Crippen molar-refractivity contribution in [3.63, 3.8) is 0 Å². The molecule has 2 aromatic carbocycles. The molecular weight excluding hydrogens is 434 g/mol. The van der Waals surface area contributed by atoms with Crippen LogP contribution in [0.1, 0.15) is 16.2 Å². The Balaban J connectivity index is 1.45. The number of nitrogens with zero attached hydrogens (tertiary/aromatic N) is 4. The fourth-order valence-electron chi connectivity index (χ4n) is 2.70. The lowest BCUT2D eigenvalue weighted by Gasteiger charge is -2.09. The molecule has 0 spiro atoms. The molecule has 0 bridgehead atoms. The Morgan fingerprint density at radius 1 is 1.07 bits per heavy atom. The standard InChI is InChI=1S/C21H16BrN5O2/c1-14-23-9-10-27(14)19-12-20(25-13-24-19)29-18-7-5-17(6-8-18)26-21(28)15-3-2-4-16(22)11-15/h2-13H,1H3,(H,26,28). The summed E-state index contributed by atoms with van der Waals surface area (Å²) in [5.41, 5.74) is 1.24. The second-order valence-corrected chi connectivity index (χ2v) is 7.07. The number of halogens is 1. The molecule has 1 N–H and O–H groups in total. The van der Waals surface area contributed by atoms with E-state index in [2.05, 4.69) is 36.2 Å². The molecule has 2 heterocycles. The highest BCUT2D eigenvalue weighted by Gasteiger charge is 2.08. The Morgan fingerprint density at radius 3 is 2.62 bits per heavy atom. The van der Waals surface area contributed by atoms with Crippen LogP contribution in [-0.2, 0) is 0 Å². The van der Waals surface area contributed by atoms with Crippen LogP contribution in [0.2, 0.25) is 0 Å². The second kappa shape index (κ2) is 8.24. The minimum atomic E-state index is -0.184. The van der Waals surface area contributed by atoms with E-state index in [0.29, 0.717) is 28.7 Å². The van der Waals surface area contributed by atoms with Gasteiger partial charge in [-0.1, -0.05) is 22.0 Å². The molecule has 2 aromatic heterocycles. The lowest BCUT2D eigenvalue weighted by Crippen LogP contribution is -2.11. The van der Waals surface area contributed by atoms with E-state index in [4.69, 9.17) is 4.74 Å². The first kappa shape index (κ1) is 18.8. The Labute approximate surface area is 175 Å². The van der Waals surface area contributed by atoms with Crippen molar-refractivity contribution >= 4 is 27.5 Å². The summed E-state index contributed by atoms with van der Waals surface area (Å²) in [6.07, 6.45) is 4.97. The minimum Gasteiger partial charge on any atom is -0.439 e. The number of rotatable bonds is 5. The molecule has 0 atom stereocenters. The van der Waals surface area contributed by atoms with Crippen LogP contribution in [0.4, 0.5) is 5.69 Å². The van der Waals surface area contributed by atoms with E-state index in [9.17, 15) is 4.79 Å². The fourth-order valence-corrected chi connectivity index (χ4v) is 3.10. The summed E-state index contributed by atoms with van der Waals surface area (Å²) in [7, 11) is 0. The Bertz CT molecular complexity index is 1160. The molecule has 7 nitrogen and oxygen atoms in total. The van der Waals surface area contributed by atoms with Gasteiger partial charge in [0.2, 0.25) is 5.88 Å². The quantitative estimate of drug-likeness (QED) is 0.474. The van der Waals surface area contributed by atoms with E-state index in [0.717, 1.165) is 10.3 Å². The molecule has 29 heavy (non-hydrogen) atoms. The number of benzene rings is 2. The zero-order valence-corrected chi connectivity index (χ0v) is 17.0. The number of carbonyl (C=O) groups excluding carboxylic acids is 1. The van der Waals surface area contributed by atoms with Gasteiger partial charge in [-0.2, -0.15) is 0 Å². The van der Waals surface area contributed by atoms with Gasteiger partial charge in [-0.3, -0.25) is 9.36 Å². The molecule has 0 saturated heterocycles. The van der Waals surface area contributed by atoms with E-state index >= 15 is 0 Å². The van der Waals surface area contributed by atoms with Crippen molar-refractivity contribution < 1.29 is 9.53 Å². The van der Waals surface area contributed by atoms with Crippen molar-refractivity contribution in [2.45, 2.75) is 6.92 Å². The molecule has 1 amide bonds. The third kappa shape index (κ3) is 4.49. The van der Waals surface area contributed by atoms with Crippen LogP contribution in [0.25, 0.3) is 5.82 Å². The lowest BCUT2D eigenvalue weighted by atomic mass is 10.2. The molecule has 0 unspecified atom stereocenters. The van der Waals surface area contributed by atoms with Gasteiger partial charge in [-0.05, 0) is 49.4 Å². The summed E-state index contributed by atoms with van der Waals surface area (Å²) in [5, 5.41) is 2.86. The van der Waals surface area contributed by atoms with E-state index in [1.165, 1.54) is 6.33 Å². The first-order valence-electron chi connectivity index (χ1n) is 8.76. The monoisotopic (exact) mass is 449 g/mol. The van der Waals surface area contributed by atoms with E-state index in [1.54, 1.807) is 48.7 Å². The smallest absolute Gasteiger partial charge is 0.255 e. The number of hydrogen-bond donors (Lipinski definition) is 1. The predicted molar refractivity (Wildman–Crippen MR) is 113 cm³/mol. The molecule has 0 fully saturated rings. The number of aryl methyl sites for hydroxylation is 1. The van der Waals surface area contributed by atoms with Gasteiger partial charge in [-0.15, -0.1) is 0 Å². The maximum atomic E-state index is 12.3. The molecule has 4 rings (SSSR count). The van der Waals surface area contributed by atoms with Gasteiger partial charge >= 0.3 is 0 Å². The number of nitrogens with one attached hydrogen (secondary N) is 1. The van der Waals surface area contributed by atoms with Gasteiger partial charge < -0.3 is 10.1 Å². The van der Waals surface area contributed by atoms with Crippen molar-refractivity contribution in [2.24, 2.45) is 0 Å². The fraction of sp³-hybridized carbons (Fsp3) is 0.0476. The van der Waals surface area contributed by atoms with E-state index in [-0.39, 0.29) is 5.91 Å². The zero-order valence-electron chi connectivity index (χ0n) is 15.4. The summed E-state index contributed by atoms with van der Waals surface area (Å²) in [5.74, 6) is 2.31. The van der Waals surface area contributed by atoms with Gasteiger partial charge in [0.1, 0.15) is 23.7 Å². The molecule has 0 aliphatic carbocycles. The van der Waals surface area contributed by atoms with Gasteiger partial charge in [-0.25, -0.2) is 15.0 Å². The zero-order chi connectivity index (χ0) is 20.2. The first-order chi connectivity index (χ1) is 14.1. The summed E-state index contributed by atoms with van der Waals surface area (Å²) in [6, 6.07) is 16.0. The average molecular weight is 450 g/mol. The van der Waals surface area contributed by atoms with Gasteiger partial charge in [0.15, 0.2) is 0 Å². The maximum absolute atomic E-state index is 12.3. The topological polar surface area (TPSA) is 81.9 Å². The first-order valence-corrected chi connectivity index (χ1v) is 9.55. The number of imidazole rings is 1. The molecule has 144 valence electrons. The maximum Gasteiger partial charge on any atom is 0.255 e. The van der Waals surface area contributed by atoms with E-state index < -0.39 is 0 Å². The van der Waals surface area contributed by atoms with Crippen LogP contribution in [0, 0.1) is 6.92 Å². The molecule has 4 aromatic rings. The molecule has 0 aliphatic heterocycles. The summed E-state index contributed by atoms with van der Waals surface area (Å²) in [6.45, 7) is 1.89. The molecular formula is C21H16BrN5O2. The number of carbonyl (C=O) groups is 1. The van der Waals surface area contributed by atoms with Crippen molar-refractivity contribution in [2.75, 3.05) is 5.32 Å². The highest BCUT2D eigenvalue weighted by atomic mass is 79.9. The van der Waals surface area contributed by atoms with Crippen LogP contribution < -0.4 is 10.1 Å². The highest BCUT2D eigenvalue weighted by Crippen LogP contribution is 2.23. The number of hydrogen-bond acceptors (Lipinski definition) is 5. The van der Waals surface area contributed by atoms with Crippen molar-refractivity contribution in [3.8, 4) is 17.4 Å². The molecule has 8 heteroatoms. The Morgan fingerprint density at radius 2 is 1.90 bits per heavy atom.